The van der Waals surface area contributed by atoms with Crippen molar-refractivity contribution in [3.63, 3.8) is 0 Å². The fraction of sp³-hybridized carbons (Fsp3) is 0.263. The second-order valence-corrected chi connectivity index (χ2v) is 11.7. The zero-order valence-corrected chi connectivity index (χ0v) is 14.3. The lowest BCUT2D eigenvalue weighted by atomic mass is 10.1. The number of rotatable bonds is 5. The summed E-state index contributed by atoms with van der Waals surface area (Å²) < 4.78 is 5.20. The van der Waals surface area contributed by atoms with Gasteiger partial charge in [0.2, 0.25) is 0 Å². The van der Waals surface area contributed by atoms with Crippen LogP contribution in [0.4, 0.5) is 0 Å². The molecule has 0 aliphatic heterocycles. The lowest BCUT2D eigenvalue weighted by Crippen LogP contribution is -2.29. The maximum atomic E-state index is 5.20. The van der Waals surface area contributed by atoms with Gasteiger partial charge >= 0.3 is 0 Å². The van der Waals surface area contributed by atoms with Crippen LogP contribution in [0.25, 0.3) is 6.08 Å². The van der Waals surface area contributed by atoms with Crippen molar-refractivity contribution in [1.82, 2.24) is 0 Å². The summed E-state index contributed by atoms with van der Waals surface area (Å²) in [7, 11) is 0.385. The third-order valence-corrected chi connectivity index (χ3v) is 6.08. The summed E-state index contributed by atoms with van der Waals surface area (Å²) in [5.41, 5.74) is 3.16. The highest BCUT2D eigenvalue weighted by molar-refractivity contribution is 6.78. The van der Waals surface area contributed by atoms with Crippen LogP contribution in [-0.2, 0) is 0 Å². The van der Waals surface area contributed by atoms with Gasteiger partial charge in [0.05, 0.1) is 15.2 Å². The maximum absolute atomic E-state index is 5.20. The van der Waals surface area contributed by atoms with Crippen LogP contribution in [0.15, 0.2) is 60.7 Å². The van der Waals surface area contributed by atoms with E-state index in [1.165, 1.54) is 11.1 Å². The molecule has 110 valence electrons. The van der Waals surface area contributed by atoms with Gasteiger partial charge in [-0.05, 0) is 28.8 Å². The fourth-order valence-corrected chi connectivity index (χ4v) is 4.35. The van der Waals surface area contributed by atoms with Gasteiger partial charge in [-0.15, -0.1) is 0 Å². The van der Waals surface area contributed by atoms with Crippen molar-refractivity contribution in [2.75, 3.05) is 7.11 Å². The van der Waals surface area contributed by atoms with E-state index < -0.39 is 8.07 Å². The summed E-state index contributed by atoms with van der Waals surface area (Å²) >= 11 is 0. The second kappa shape index (κ2) is 6.77. The molecule has 0 N–H and O–H groups in total. The number of allylic oxidation sites excluding steroid dienone is 1. The molecule has 2 aromatic rings. The molecule has 0 heterocycles. The molecular weight excluding hydrogens is 272 g/mol. The van der Waals surface area contributed by atoms with Crippen molar-refractivity contribution in [2.45, 2.75) is 25.2 Å². The Kier molecular flexibility index (Phi) is 5.02. The zero-order valence-electron chi connectivity index (χ0n) is 13.3. The van der Waals surface area contributed by atoms with Gasteiger partial charge in [0.25, 0.3) is 0 Å². The summed E-state index contributed by atoms with van der Waals surface area (Å²) in [6.45, 7) is 7.26. The Hall–Kier alpha value is -1.80. The lowest BCUT2D eigenvalue weighted by molar-refractivity contribution is 0.415. The molecule has 0 fully saturated rings. The summed E-state index contributed by atoms with van der Waals surface area (Å²) in [5, 5.41) is 0. The van der Waals surface area contributed by atoms with E-state index >= 15 is 0 Å². The molecule has 0 aromatic heterocycles. The van der Waals surface area contributed by atoms with Gasteiger partial charge in [-0.2, -0.15) is 0 Å². The largest absolute Gasteiger partial charge is 0.497 e. The van der Waals surface area contributed by atoms with E-state index in [0.717, 1.165) is 5.75 Å². The molecule has 21 heavy (non-hydrogen) atoms. The van der Waals surface area contributed by atoms with Crippen LogP contribution in [0, 0.1) is 0 Å². The number of ether oxygens (including phenoxy) is 1. The molecule has 2 rings (SSSR count). The van der Waals surface area contributed by atoms with Gasteiger partial charge in [0.15, 0.2) is 0 Å². The van der Waals surface area contributed by atoms with Crippen molar-refractivity contribution in [3.05, 3.63) is 71.8 Å². The van der Waals surface area contributed by atoms with Crippen LogP contribution in [-0.4, -0.2) is 15.2 Å². The van der Waals surface area contributed by atoms with Crippen molar-refractivity contribution in [1.29, 1.82) is 0 Å². The SMILES string of the molecule is COc1ccc(/C=C/[C@@H](c2ccccc2)[Si](C)(C)C)cc1. The van der Waals surface area contributed by atoms with Crippen LogP contribution in [0.3, 0.4) is 0 Å². The Bertz CT molecular complexity index is 579. The van der Waals surface area contributed by atoms with E-state index in [2.05, 4.69) is 74.3 Å². The molecule has 0 radical (unpaired) electrons. The van der Waals surface area contributed by atoms with E-state index in [1.54, 1.807) is 7.11 Å². The Morgan fingerprint density at radius 1 is 0.905 bits per heavy atom. The van der Waals surface area contributed by atoms with E-state index in [4.69, 9.17) is 4.74 Å². The zero-order chi connectivity index (χ0) is 15.3. The molecule has 0 saturated heterocycles. The number of benzene rings is 2. The molecular formula is C19H24OSi. The number of methoxy groups -OCH3 is 1. The van der Waals surface area contributed by atoms with Crippen molar-refractivity contribution in [2.24, 2.45) is 0 Å². The molecule has 0 amide bonds. The number of hydrogen-bond acceptors (Lipinski definition) is 1. The molecule has 0 saturated carbocycles. The Morgan fingerprint density at radius 2 is 1.52 bits per heavy atom. The predicted octanol–water partition coefficient (Wildman–Crippen LogP) is 5.37. The summed E-state index contributed by atoms with van der Waals surface area (Å²) in [5.74, 6) is 0.900. The molecule has 2 heteroatoms. The summed E-state index contributed by atoms with van der Waals surface area (Å²) in [6.07, 6.45) is 4.60. The van der Waals surface area contributed by atoms with Crippen molar-refractivity contribution in [3.8, 4) is 5.75 Å². The molecule has 2 aromatic carbocycles. The minimum atomic E-state index is -1.31. The molecule has 0 spiro atoms. The smallest absolute Gasteiger partial charge is 0.118 e. The van der Waals surface area contributed by atoms with Crippen molar-refractivity contribution < 1.29 is 4.74 Å². The van der Waals surface area contributed by atoms with E-state index in [-0.39, 0.29) is 0 Å². The highest BCUT2D eigenvalue weighted by Crippen LogP contribution is 2.29. The third kappa shape index (κ3) is 4.33. The first-order valence-electron chi connectivity index (χ1n) is 7.38. The highest BCUT2D eigenvalue weighted by Gasteiger charge is 2.25. The topological polar surface area (TPSA) is 9.23 Å². The maximum Gasteiger partial charge on any atom is 0.118 e. The summed E-state index contributed by atoms with van der Waals surface area (Å²) in [4.78, 5) is 0. The quantitative estimate of drug-likeness (QED) is 0.674. The van der Waals surface area contributed by atoms with Crippen LogP contribution < -0.4 is 4.74 Å². The molecule has 1 nitrogen and oxygen atoms in total. The fourth-order valence-electron chi connectivity index (χ4n) is 2.48. The predicted molar refractivity (Wildman–Crippen MR) is 94.6 cm³/mol. The van der Waals surface area contributed by atoms with Gasteiger partial charge in [0.1, 0.15) is 5.75 Å². The number of hydrogen-bond donors (Lipinski definition) is 0. The Balaban J connectivity index is 2.24. The second-order valence-electron chi connectivity index (χ2n) is 6.39. The van der Waals surface area contributed by atoms with Crippen molar-refractivity contribution >= 4 is 14.1 Å². The van der Waals surface area contributed by atoms with Gasteiger partial charge < -0.3 is 4.74 Å². The van der Waals surface area contributed by atoms with Crippen LogP contribution in [0.5, 0.6) is 5.75 Å². The van der Waals surface area contributed by atoms with E-state index in [1.807, 2.05) is 12.1 Å². The highest BCUT2D eigenvalue weighted by atomic mass is 28.3. The van der Waals surface area contributed by atoms with Crippen LogP contribution >= 0.6 is 0 Å². The summed E-state index contributed by atoms with van der Waals surface area (Å²) in [6, 6.07) is 19.0. The minimum absolute atomic E-state index is 0.529. The first-order valence-corrected chi connectivity index (χ1v) is 11.0. The van der Waals surface area contributed by atoms with E-state index in [9.17, 15) is 0 Å². The molecule has 0 bridgehead atoms. The third-order valence-electron chi connectivity index (χ3n) is 3.69. The van der Waals surface area contributed by atoms with Crippen LogP contribution in [0.2, 0.25) is 19.6 Å². The van der Waals surface area contributed by atoms with Gasteiger partial charge in [-0.1, -0.05) is 74.3 Å². The van der Waals surface area contributed by atoms with Crippen LogP contribution in [0.1, 0.15) is 16.7 Å². The first-order chi connectivity index (χ1) is 10.0. The minimum Gasteiger partial charge on any atom is -0.497 e. The first kappa shape index (κ1) is 15.6. The average molecular weight is 296 g/mol. The standard InChI is InChI=1S/C19H24OSi/c1-20-18-13-10-16(11-14-18)12-15-19(21(2,3)4)17-8-6-5-7-9-17/h5-15,19H,1-4H3/b15-12+/t19-/m0/s1. The van der Waals surface area contributed by atoms with Gasteiger partial charge in [-0.25, -0.2) is 0 Å². The van der Waals surface area contributed by atoms with E-state index in [0.29, 0.717) is 5.54 Å². The Morgan fingerprint density at radius 3 is 2.05 bits per heavy atom. The lowest BCUT2D eigenvalue weighted by Gasteiger charge is -2.26. The molecule has 0 aliphatic rings. The molecule has 1 atom stereocenters. The van der Waals surface area contributed by atoms with Gasteiger partial charge in [0, 0.05) is 0 Å². The molecule has 0 aliphatic carbocycles. The monoisotopic (exact) mass is 296 g/mol. The van der Waals surface area contributed by atoms with Gasteiger partial charge in [-0.3, -0.25) is 0 Å². The molecule has 0 unspecified atom stereocenters. The Labute approximate surface area is 129 Å². The average Bonchev–Trinajstić information content (AvgIpc) is 2.48. The normalized spacial score (nSPS) is 13.3.